The van der Waals surface area contributed by atoms with Crippen molar-refractivity contribution in [3.05, 3.63) is 109 Å². The van der Waals surface area contributed by atoms with Crippen LogP contribution < -0.4 is 10.1 Å². The van der Waals surface area contributed by atoms with Crippen LogP contribution in [-0.4, -0.2) is 20.5 Å². The maximum atomic E-state index is 13.8. The molecule has 1 N–H and O–H groups in total. The van der Waals surface area contributed by atoms with E-state index in [-0.39, 0.29) is 11.2 Å². The molecule has 0 spiro atoms. The third kappa shape index (κ3) is 6.07. The van der Waals surface area contributed by atoms with E-state index in [1.165, 1.54) is 11.8 Å². The molecule has 0 amide bonds. The lowest BCUT2D eigenvalue weighted by atomic mass is 9.73. The van der Waals surface area contributed by atoms with E-state index in [0.29, 0.717) is 51.3 Å². The van der Waals surface area contributed by atoms with Crippen LogP contribution >= 0.6 is 50.9 Å². The number of benzene rings is 3. The Morgan fingerprint density at radius 3 is 2.66 bits per heavy atom. The predicted molar refractivity (Wildman–Crippen MR) is 168 cm³/mol. The smallest absolute Gasteiger partial charge is 0.227 e. The van der Waals surface area contributed by atoms with Crippen LogP contribution in [0.2, 0.25) is 10.0 Å². The Balaban J connectivity index is 1.40. The van der Waals surface area contributed by atoms with Crippen LogP contribution in [0.1, 0.15) is 49.4 Å². The number of carbonyl (C=O) groups is 1. The second-order valence-electron chi connectivity index (χ2n) is 11.0. The van der Waals surface area contributed by atoms with Gasteiger partial charge in [-0.25, -0.2) is 4.68 Å². The third-order valence-electron chi connectivity index (χ3n) is 7.20. The summed E-state index contributed by atoms with van der Waals surface area (Å²) < 4.78 is 9.07. The molecule has 2 aliphatic rings. The number of hydrogen-bond acceptors (Lipinski definition) is 6. The van der Waals surface area contributed by atoms with Gasteiger partial charge in [0, 0.05) is 43.5 Å². The molecule has 0 saturated carbocycles. The van der Waals surface area contributed by atoms with Crippen molar-refractivity contribution >= 4 is 62.6 Å². The van der Waals surface area contributed by atoms with Gasteiger partial charge in [0.2, 0.25) is 11.1 Å². The summed E-state index contributed by atoms with van der Waals surface area (Å²) in [6.07, 6.45) is 1.19. The van der Waals surface area contributed by atoms with Crippen molar-refractivity contribution in [1.29, 1.82) is 0 Å². The van der Waals surface area contributed by atoms with Crippen LogP contribution in [0.3, 0.4) is 0 Å². The monoisotopic (exact) mass is 668 g/mol. The highest BCUT2D eigenvalue weighted by Gasteiger charge is 2.42. The Kier molecular flexibility index (Phi) is 7.94. The molecule has 3 aromatic carbocycles. The number of anilines is 1. The summed E-state index contributed by atoms with van der Waals surface area (Å²) in [7, 11) is 0. The van der Waals surface area contributed by atoms with Crippen LogP contribution in [0, 0.1) is 5.41 Å². The number of allylic oxidation sites excluding steroid dienone is 2. The largest absolute Gasteiger partial charge is 0.489 e. The number of thioether (sulfide) groups is 1. The highest BCUT2D eigenvalue weighted by Crippen LogP contribution is 2.48. The maximum Gasteiger partial charge on any atom is 0.227 e. The van der Waals surface area contributed by atoms with Gasteiger partial charge in [-0.05, 0) is 59.4 Å². The fourth-order valence-electron chi connectivity index (χ4n) is 5.30. The third-order valence-corrected chi connectivity index (χ3v) is 9.20. The number of fused-ring (bicyclic) bond motifs is 1. The van der Waals surface area contributed by atoms with Gasteiger partial charge < -0.3 is 10.1 Å². The molecular formula is C31H27BrCl2N4O2S. The summed E-state index contributed by atoms with van der Waals surface area (Å²) in [5, 5.41) is 10.3. The van der Waals surface area contributed by atoms with E-state index >= 15 is 0 Å². The van der Waals surface area contributed by atoms with Crippen LogP contribution in [-0.2, 0) is 17.2 Å². The molecule has 41 heavy (non-hydrogen) atoms. The molecule has 1 atom stereocenters. The number of aromatic nitrogens is 3. The lowest BCUT2D eigenvalue weighted by Crippen LogP contribution is -2.36. The predicted octanol–water partition coefficient (Wildman–Crippen LogP) is 8.88. The molecule has 2 heterocycles. The average Bonchev–Trinajstić information content (AvgIpc) is 3.33. The number of hydrogen-bond donors (Lipinski definition) is 1. The number of ketones is 1. The quantitative estimate of drug-likeness (QED) is 0.198. The topological polar surface area (TPSA) is 69.0 Å². The summed E-state index contributed by atoms with van der Waals surface area (Å²) in [5.41, 5.74) is 4.27. The summed E-state index contributed by atoms with van der Waals surface area (Å²) in [6.45, 7) is 4.59. The molecule has 1 aromatic heterocycles. The average molecular weight is 670 g/mol. The van der Waals surface area contributed by atoms with Gasteiger partial charge in [-0.2, -0.15) is 4.98 Å². The number of nitrogens with zero attached hydrogens (tertiary/aromatic N) is 3. The van der Waals surface area contributed by atoms with Crippen LogP contribution in [0.15, 0.2) is 87.6 Å². The Morgan fingerprint density at radius 1 is 1.10 bits per heavy atom. The van der Waals surface area contributed by atoms with Gasteiger partial charge >= 0.3 is 0 Å². The summed E-state index contributed by atoms with van der Waals surface area (Å²) in [4.78, 5) is 18.6. The van der Waals surface area contributed by atoms with Crippen LogP contribution in [0.4, 0.5) is 5.95 Å². The first kappa shape index (κ1) is 28.3. The van der Waals surface area contributed by atoms with E-state index in [4.69, 9.17) is 38.0 Å². The minimum atomic E-state index is -0.496. The van der Waals surface area contributed by atoms with Gasteiger partial charge in [-0.15, -0.1) is 5.10 Å². The molecule has 6 rings (SSSR count). The van der Waals surface area contributed by atoms with Crippen molar-refractivity contribution in [1.82, 2.24) is 14.8 Å². The number of nitrogens with one attached hydrogen (secondary N) is 1. The number of rotatable bonds is 7. The van der Waals surface area contributed by atoms with Gasteiger partial charge in [-0.1, -0.05) is 95.1 Å². The fourth-order valence-corrected chi connectivity index (χ4v) is 6.92. The highest BCUT2D eigenvalue weighted by molar-refractivity contribution is 9.10. The number of carbonyl (C=O) groups excluding carboxylic acids is 1. The maximum absolute atomic E-state index is 13.8. The molecule has 1 aliphatic heterocycles. The SMILES string of the molecule is CC1(C)CC(=O)C2=C(C1)Nc1nc(SCc3ccccc3Cl)nn1C2c1cc(Br)ccc1OCc1ccc(Cl)cc1. The van der Waals surface area contributed by atoms with E-state index in [9.17, 15) is 4.79 Å². The van der Waals surface area contributed by atoms with Crippen molar-refractivity contribution in [3.8, 4) is 5.75 Å². The number of halogens is 3. The standard InChI is InChI=1S/C31H27BrCl2N4O2S/c1-31(2)14-24-27(25(39)15-31)28(22-13-20(32)9-12-26(22)40-16-18-7-10-21(33)11-8-18)38-29(35-24)36-30(37-38)41-17-19-5-3-4-6-23(19)34/h3-13,28H,14-17H2,1-2H3,(H,35,36,37). The van der Waals surface area contributed by atoms with E-state index < -0.39 is 6.04 Å². The molecule has 10 heteroatoms. The second-order valence-corrected chi connectivity index (χ2v) is 13.7. The zero-order valence-electron chi connectivity index (χ0n) is 22.5. The van der Waals surface area contributed by atoms with E-state index in [1.54, 1.807) is 0 Å². The summed E-state index contributed by atoms with van der Waals surface area (Å²) in [5.74, 6) is 2.00. The van der Waals surface area contributed by atoms with Crippen molar-refractivity contribution in [2.75, 3.05) is 5.32 Å². The van der Waals surface area contributed by atoms with Gasteiger partial charge in [0.1, 0.15) is 18.4 Å². The van der Waals surface area contributed by atoms with Crippen molar-refractivity contribution in [2.24, 2.45) is 5.41 Å². The van der Waals surface area contributed by atoms with Crippen molar-refractivity contribution < 1.29 is 9.53 Å². The zero-order valence-corrected chi connectivity index (χ0v) is 26.4. The molecule has 0 radical (unpaired) electrons. The Labute approximate surface area is 261 Å². The molecule has 0 fully saturated rings. The highest BCUT2D eigenvalue weighted by atomic mass is 79.9. The van der Waals surface area contributed by atoms with E-state index in [2.05, 4.69) is 35.1 Å². The number of ether oxygens (including phenoxy) is 1. The first-order valence-electron chi connectivity index (χ1n) is 13.2. The van der Waals surface area contributed by atoms with Gasteiger partial charge in [-0.3, -0.25) is 4.79 Å². The Hall–Kier alpha value is -2.78. The molecule has 210 valence electrons. The summed E-state index contributed by atoms with van der Waals surface area (Å²) in [6, 6.07) is 20.7. The van der Waals surface area contributed by atoms with Gasteiger partial charge in [0.25, 0.3) is 0 Å². The Bertz CT molecular complexity index is 1670. The van der Waals surface area contributed by atoms with Crippen molar-refractivity contribution in [3.63, 3.8) is 0 Å². The molecule has 6 nitrogen and oxygen atoms in total. The minimum absolute atomic E-state index is 0.101. The van der Waals surface area contributed by atoms with Gasteiger partial charge in [0.15, 0.2) is 5.78 Å². The molecule has 4 aromatic rings. The zero-order chi connectivity index (χ0) is 28.7. The lowest BCUT2D eigenvalue weighted by molar-refractivity contribution is -0.118. The van der Waals surface area contributed by atoms with Crippen molar-refractivity contribution in [2.45, 2.75) is 50.2 Å². The normalized spacial score (nSPS) is 17.6. The minimum Gasteiger partial charge on any atom is -0.489 e. The van der Waals surface area contributed by atoms with E-state index in [1.807, 2.05) is 71.4 Å². The molecule has 0 bridgehead atoms. The van der Waals surface area contributed by atoms with Gasteiger partial charge in [0.05, 0.1) is 0 Å². The number of Topliss-reactive ketones (excluding diaryl/α,β-unsaturated/α-hetero) is 1. The molecule has 0 saturated heterocycles. The fraction of sp³-hybridized carbons (Fsp3) is 0.258. The molecule has 1 aliphatic carbocycles. The molecular weight excluding hydrogens is 643 g/mol. The summed E-state index contributed by atoms with van der Waals surface area (Å²) >= 11 is 17.6. The second kappa shape index (κ2) is 11.5. The van der Waals surface area contributed by atoms with Crippen LogP contribution in [0.5, 0.6) is 5.75 Å². The van der Waals surface area contributed by atoms with E-state index in [0.717, 1.165) is 33.3 Å². The first-order valence-corrected chi connectivity index (χ1v) is 15.7. The first-order chi connectivity index (χ1) is 19.7. The van der Waals surface area contributed by atoms with Crippen LogP contribution in [0.25, 0.3) is 0 Å². The Morgan fingerprint density at radius 2 is 1.88 bits per heavy atom. The lowest BCUT2D eigenvalue weighted by Gasteiger charge is -2.38. The molecule has 1 unspecified atom stereocenters.